The largest absolute Gasteiger partial charge is 0.446 e. The van der Waals surface area contributed by atoms with Crippen molar-refractivity contribution in [1.82, 2.24) is 9.88 Å². The van der Waals surface area contributed by atoms with Crippen LogP contribution in [0.15, 0.2) is 41.2 Å². The molecule has 0 saturated heterocycles. The fourth-order valence-electron chi connectivity index (χ4n) is 3.59. The van der Waals surface area contributed by atoms with Crippen molar-refractivity contribution in [3.63, 3.8) is 0 Å². The number of nitrogens with one attached hydrogen (secondary N) is 2. The van der Waals surface area contributed by atoms with E-state index in [4.69, 9.17) is 4.74 Å². The number of amides is 2. The molecule has 7 nitrogen and oxygen atoms in total. The Labute approximate surface area is 193 Å². The smallest absolute Gasteiger partial charge is 0.407 e. The number of hydrogen-bond donors (Lipinski definition) is 2. The lowest BCUT2D eigenvalue weighted by atomic mass is 9.94. The van der Waals surface area contributed by atoms with E-state index in [2.05, 4.69) is 16.7 Å². The number of aryl methyl sites for hydroxylation is 1. The monoisotopic (exact) mass is 466 g/mol. The predicted octanol–water partition coefficient (Wildman–Crippen LogP) is 4.46. The van der Waals surface area contributed by atoms with Crippen LogP contribution in [0.3, 0.4) is 0 Å². The van der Waals surface area contributed by atoms with E-state index in [1.165, 1.54) is 17.4 Å². The van der Waals surface area contributed by atoms with Crippen LogP contribution < -0.4 is 10.6 Å². The zero-order valence-electron chi connectivity index (χ0n) is 17.5. The molecule has 0 spiro atoms. The topological polar surface area (TPSA) is 96.2 Å². The van der Waals surface area contributed by atoms with E-state index < -0.39 is 6.09 Å². The van der Waals surface area contributed by atoms with Gasteiger partial charge in [0, 0.05) is 36.3 Å². The number of alkyl carbamates (subject to hydrolysis) is 1. The minimum absolute atomic E-state index is 0.261. The number of aromatic nitrogens is 1. The molecule has 164 valence electrons. The van der Waals surface area contributed by atoms with Crippen LogP contribution in [0.1, 0.15) is 33.7 Å². The number of fused-ring (bicyclic) bond motifs is 1. The van der Waals surface area contributed by atoms with Crippen LogP contribution in [-0.4, -0.2) is 22.7 Å². The summed E-state index contributed by atoms with van der Waals surface area (Å²) in [5, 5.41) is 19.7. The van der Waals surface area contributed by atoms with Crippen LogP contribution in [0.5, 0.6) is 0 Å². The van der Waals surface area contributed by atoms with Crippen molar-refractivity contribution in [2.45, 2.75) is 31.9 Å². The Hall–Kier alpha value is -3.35. The average Bonchev–Trinajstić information content (AvgIpc) is 3.50. The molecule has 0 bridgehead atoms. The molecule has 1 unspecified atom stereocenters. The van der Waals surface area contributed by atoms with Crippen LogP contribution in [0, 0.1) is 11.3 Å². The molecule has 0 radical (unpaired) electrons. The molecule has 0 aromatic carbocycles. The summed E-state index contributed by atoms with van der Waals surface area (Å²) in [4.78, 5) is 25.5. The van der Waals surface area contributed by atoms with E-state index in [1.807, 2.05) is 46.8 Å². The molecule has 3 aromatic rings. The number of carbonyl (C=O) groups excluding carboxylic acids is 2. The van der Waals surface area contributed by atoms with Crippen LogP contribution in [0.2, 0.25) is 0 Å². The van der Waals surface area contributed by atoms with Crippen molar-refractivity contribution in [3.05, 3.63) is 68.5 Å². The molecule has 32 heavy (non-hydrogen) atoms. The molecular formula is C23H22N4O3S2. The van der Waals surface area contributed by atoms with Crippen molar-refractivity contribution in [2.24, 2.45) is 7.05 Å². The Morgan fingerprint density at radius 1 is 1.41 bits per heavy atom. The number of anilines is 1. The van der Waals surface area contributed by atoms with E-state index in [9.17, 15) is 14.9 Å². The number of nitrogens with zero attached hydrogens (tertiary/aromatic N) is 2. The van der Waals surface area contributed by atoms with Gasteiger partial charge in [-0.2, -0.15) is 16.6 Å². The highest BCUT2D eigenvalue weighted by Crippen LogP contribution is 2.38. The molecular weight excluding hydrogens is 444 g/mol. The fraction of sp³-hybridized carbons (Fsp3) is 0.261. The Morgan fingerprint density at radius 3 is 3.00 bits per heavy atom. The van der Waals surface area contributed by atoms with E-state index in [0.717, 1.165) is 21.7 Å². The lowest BCUT2D eigenvalue weighted by Crippen LogP contribution is -2.32. The number of ether oxygens (including phenoxy) is 1. The number of carbonyl (C=O) groups is 2. The highest BCUT2D eigenvalue weighted by atomic mass is 32.1. The zero-order chi connectivity index (χ0) is 22.5. The molecule has 9 heteroatoms. The third-order valence-corrected chi connectivity index (χ3v) is 7.15. The Bertz CT molecular complexity index is 1180. The second-order valence-electron chi connectivity index (χ2n) is 7.43. The Kier molecular flexibility index (Phi) is 6.73. The summed E-state index contributed by atoms with van der Waals surface area (Å²) in [6, 6.07) is 8.01. The molecule has 0 aliphatic heterocycles. The van der Waals surface area contributed by atoms with E-state index in [-0.39, 0.29) is 12.0 Å². The maximum atomic E-state index is 12.3. The summed E-state index contributed by atoms with van der Waals surface area (Å²) in [6.45, 7) is 0.396. The summed E-state index contributed by atoms with van der Waals surface area (Å²) >= 11 is 2.94. The van der Waals surface area contributed by atoms with Crippen LogP contribution >= 0.6 is 22.7 Å². The van der Waals surface area contributed by atoms with Crippen molar-refractivity contribution >= 4 is 45.8 Å². The second-order valence-corrected chi connectivity index (χ2v) is 9.32. The molecule has 4 rings (SSSR count). The fourth-order valence-corrected chi connectivity index (χ4v) is 5.49. The van der Waals surface area contributed by atoms with Gasteiger partial charge in [0.15, 0.2) is 0 Å². The molecule has 2 N–H and O–H groups in total. The van der Waals surface area contributed by atoms with Gasteiger partial charge >= 0.3 is 6.09 Å². The van der Waals surface area contributed by atoms with Crippen molar-refractivity contribution in [1.29, 1.82) is 5.26 Å². The lowest BCUT2D eigenvalue weighted by Gasteiger charge is -2.22. The highest BCUT2D eigenvalue weighted by Gasteiger charge is 2.28. The molecule has 3 heterocycles. The first-order valence-electron chi connectivity index (χ1n) is 10.1. The van der Waals surface area contributed by atoms with Gasteiger partial charge < -0.3 is 19.9 Å². The molecule has 0 saturated carbocycles. The first-order valence-corrected chi connectivity index (χ1v) is 11.9. The van der Waals surface area contributed by atoms with Gasteiger partial charge in [0.2, 0.25) is 5.91 Å². The molecule has 1 atom stereocenters. The summed E-state index contributed by atoms with van der Waals surface area (Å²) in [5.74, 6) is -0.279. The van der Waals surface area contributed by atoms with Crippen LogP contribution in [0.25, 0.3) is 6.08 Å². The average molecular weight is 467 g/mol. The van der Waals surface area contributed by atoms with Gasteiger partial charge in [-0.3, -0.25) is 4.79 Å². The van der Waals surface area contributed by atoms with Gasteiger partial charge in [-0.1, -0.05) is 0 Å². The third kappa shape index (κ3) is 5.10. The van der Waals surface area contributed by atoms with Crippen LogP contribution in [-0.2, 0) is 36.0 Å². The number of nitriles is 1. The summed E-state index contributed by atoms with van der Waals surface area (Å²) in [7, 11) is 1.92. The van der Waals surface area contributed by atoms with E-state index >= 15 is 0 Å². The van der Waals surface area contributed by atoms with Crippen LogP contribution in [0.4, 0.5) is 9.80 Å². The number of thiophene rings is 2. The SMILES string of the molecule is Cn1cccc1CNC(=O)OC1CCc2c(sc(NC(=O)C=Cc3ccsc3)c2C#N)C1. The van der Waals surface area contributed by atoms with Gasteiger partial charge in [-0.15, -0.1) is 11.3 Å². The molecule has 1 aliphatic rings. The van der Waals surface area contributed by atoms with E-state index in [0.29, 0.717) is 36.4 Å². The first kappa shape index (κ1) is 21.9. The minimum Gasteiger partial charge on any atom is -0.446 e. The highest BCUT2D eigenvalue weighted by molar-refractivity contribution is 7.16. The van der Waals surface area contributed by atoms with Gasteiger partial charge in [0.1, 0.15) is 17.2 Å². The van der Waals surface area contributed by atoms with Gasteiger partial charge in [-0.05, 0) is 59.0 Å². The lowest BCUT2D eigenvalue weighted by molar-refractivity contribution is -0.111. The molecule has 2 amide bonds. The molecule has 0 fully saturated rings. The van der Waals surface area contributed by atoms with Crippen molar-refractivity contribution in [2.75, 3.05) is 5.32 Å². The Balaban J connectivity index is 1.36. The standard InChI is InChI=1S/C23H22N4O3S2/c1-27-9-2-3-16(27)13-25-23(29)30-17-5-6-18-19(12-24)22(32-20(18)11-17)26-21(28)7-4-15-8-10-31-14-15/h2-4,7-10,14,17H,5-6,11,13H2,1H3,(H,25,29)(H,26,28). The number of rotatable bonds is 6. The Morgan fingerprint density at radius 2 is 2.28 bits per heavy atom. The quantitative estimate of drug-likeness (QED) is 0.525. The van der Waals surface area contributed by atoms with Gasteiger partial charge in [-0.25, -0.2) is 4.79 Å². The maximum absolute atomic E-state index is 12.3. The van der Waals surface area contributed by atoms with Gasteiger partial charge in [0.25, 0.3) is 0 Å². The van der Waals surface area contributed by atoms with Gasteiger partial charge in [0.05, 0.1) is 12.1 Å². The maximum Gasteiger partial charge on any atom is 0.407 e. The van der Waals surface area contributed by atoms with Crippen molar-refractivity contribution in [3.8, 4) is 6.07 Å². The predicted molar refractivity (Wildman–Crippen MR) is 126 cm³/mol. The number of hydrogen-bond acceptors (Lipinski definition) is 6. The minimum atomic E-state index is -0.455. The van der Waals surface area contributed by atoms with Crippen molar-refractivity contribution < 1.29 is 14.3 Å². The summed E-state index contributed by atoms with van der Waals surface area (Å²) in [6.07, 6.45) is 6.21. The molecule has 3 aromatic heterocycles. The third-order valence-electron chi connectivity index (χ3n) is 5.28. The normalized spacial score (nSPS) is 15.2. The summed E-state index contributed by atoms with van der Waals surface area (Å²) in [5.41, 5.74) is 3.40. The zero-order valence-corrected chi connectivity index (χ0v) is 19.1. The molecule has 1 aliphatic carbocycles. The summed E-state index contributed by atoms with van der Waals surface area (Å²) < 4.78 is 7.54. The first-order chi connectivity index (χ1) is 15.5. The van der Waals surface area contributed by atoms with E-state index in [1.54, 1.807) is 17.4 Å². The second kappa shape index (κ2) is 9.85.